The lowest BCUT2D eigenvalue weighted by atomic mass is 10.2. The highest BCUT2D eigenvalue weighted by atomic mass is 35.5. The van der Waals surface area contributed by atoms with Crippen molar-refractivity contribution in [2.24, 2.45) is 0 Å². The summed E-state index contributed by atoms with van der Waals surface area (Å²) in [6.07, 6.45) is 0. The highest BCUT2D eigenvalue weighted by molar-refractivity contribution is 7.98. The third-order valence-corrected chi connectivity index (χ3v) is 3.02. The molecule has 0 unspecified atom stereocenters. The highest BCUT2D eigenvalue weighted by Crippen LogP contribution is 2.23. The van der Waals surface area contributed by atoms with Crippen molar-refractivity contribution < 1.29 is 10.1 Å². The van der Waals surface area contributed by atoms with Crippen molar-refractivity contribution >= 4 is 23.4 Å². The SMILES string of the molecule is [NH3+]CCSCc1c(F)cccc1Cl. The summed E-state index contributed by atoms with van der Waals surface area (Å²) in [5.41, 5.74) is 4.31. The van der Waals surface area contributed by atoms with Gasteiger partial charge in [0, 0.05) is 22.1 Å². The van der Waals surface area contributed by atoms with E-state index in [1.165, 1.54) is 6.07 Å². The van der Waals surface area contributed by atoms with Crippen LogP contribution in [0.4, 0.5) is 4.39 Å². The van der Waals surface area contributed by atoms with Gasteiger partial charge < -0.3 is 5.73 Å². The Hall–Kier alpha value is -0.250. The number of hydrogen-bond acceptors (Lipinski definition) is 1. The smallest absolute Gasteiger partial charge is 0.128 e. The molecule has 1 rings (SSSR count). The molecule has 0 aliphatic carbocycles. The summed E-state index contributed by atoms with van der Waals surface area (Å²) >= 11 is 7.49. The second-order valence-electron chi connectivity index (χ2n) is 2.61. The summed E-state index contributed by atoms with van der Waals surface area (Å²) in [5, 5.41) is 0.511. The lowest BCUT2D eigenvalue weighted by Gasteiger charge is -2.03. The average Bonchev–Trinajstić information content (AvgIpc) is 2.10. The van der Waals surface area contributed by atoms with Crippen molar-refractivity contribution in [2.45, 2.75) is 5.75 Å². The number of halogens is 2. The molecule has 4 heteroatoms. The molecule has 0 aliphatic heterocycles. The van der Waals surface area contributed by atoms with Gasteiger partial charge in [0.15, 0.2) is 0 Å². The van der Waals surface area contributed by atoms with Crippen LogP contribution in [0.3, 0.4) is 0 Å². The molecule has 0 radical (unpaired) electrons. The topological polar surface area (TPSA) is 27.6 Å². The molecule has 1 aromatic carbocycles. The largest absolute Gasteiger partial charge is 0.357 e. The van der Waals surface area contributed by atoms with Gasteiger partial charge in [-0.3, -0.25) is 0 Å². The van der Waals surface area contributed by atoms with E-state index in [2.05, 4.69) is 5.73 Å². The molecular weight excluding hydrogens is 209 g/mol. The first-order valence-electron chi connectivity index (χ1n) is 4.05. The lowest BCUT2D eigenvalue weighted by Crippen LogP contribution is -2.51. The Kier molecular flexibility index (Phi) is 4.56. The van der Waals surface area contributed by atoms with Crippen LogP contribution in [0.1, 0.15) is 5.56 Å². The molecule has 0 spiro atoms. The molecule has 0 fully saturated rings. The first kappa shape index (κ1) is 10.8. The monoisotopic (exact) mass is 220 g/mol. The summed E-state index contributed by atoms with van der Waals surface area (Å²) in [6.45, 7) is 0.858. The van der Waals surface area contributed by atoms with E-state index in [0.29, 0.717) is 16.3 Å². The summed E-state index contributed by atoms with van der Waals surface area (Å²) in [4.78, 5) is 0. The highest BCUT2D eigenvalue weighted by Gasteiger charge is 2.05. The predicted octanol–water partition coefficient (Wildman–Crippen LogP) is 1.95. The molecule has 0 saturated heterocycles. The maximum Gasteiger partial charge on any atom is 0.128 e. The Morgan fingerprint density at radius 3 is 2.85 bits per heavy atom. The van der Waals surface area contributed by atoms with Crippen molar-refractivity contribution in [3.63, 3.8) is 0 Å². The standard InChI is InChI=1S/C9H11ClFNS/c10-8-2-1-3-9(11)7(8)6-13-5-4-12/h1-3H,4-6,12H2/p+1. The summed E-state index contributed by atoms with van der Waals surface area (Å²) in [5.74, 6) is 1.34. The molecule has 3 N–H and O–H groups in total. The summed E-state index contributed by atoms with van der Waals surface area (Å²) in [6, 6.07) is 4.77. The van der Waals surface area contributed by atoms with Gasteiger partial charge in [-0.25, -0.2) is 4.39 Å². The Morgan fingerprint density at radius 2 is 2.23 bits per heavy atom. The molecule has 0 atom stereocenters. The van der Waals surface area contributed by atoms with E-state index in [0.717, 1.165) is 12.3 Å². The Bertz CT molecular complexity index is 260. The Morgan fingerprint density at radius 1 is 1.46 bits per heavy atom. The minimum absolute atomic E-state index is 0.218. The number of hydrogen-bond donors (Lipinski definition) is 1. The maximum absolute atomic E-state index is 13.2. The first-order chi connectivity index (χ1) is 6.25. The summed E-state index contributed by atoms with van der Waals surface area (Å²) in [7, 11) is 0. The van der Waals surface area contributed by atoms with Crippen molar-refractivity contribution in [1.29, 1.82) is 0 Å². The number of thioether (sulfide) groups is 1. The minimum Gasteiger partial charge on any atom is -0.357 e. The average molecular weight is 221 g/mol. The van der Waals surface area contributed by atoms with Gasteiger partial charge in [-0.05, 0) is 12.1 Å². The molecule has 0 saturated carbocycles. The lowest BCUT2D eigenvalue weighted by molar-refractivity contribution is -0.360. The van der Waals surface area contributed by atoms with Crippen molar-refractivity contribution in [3.8, 4) is 0 Å². The zero-order valence-electron chi connectivity index (χ0n) is 7.22. The predicted molar refractivity (Wildman–Crippen MR) is 55.3 cm³/mol. The van der Waals surface area contributed by atoms with Crippen LogP contribution in [0.2, 0.25) is 5.02 Å². The zero-order valence-corrected chi connectivity index (χ0v) is 8.80. The van der Waals surface area contributed by atoms with Gasteiger partial charge in [-0.2, -0.15) is 11.8 Å². The van der Waals surface area contributed by atoms with E-state index in [-0.39, 0.29) is 5.82 Å². The van der Waals surface area contributed by atoms with Crippen LogP contribution in [0.5, 0.6) is 0 Å². The van der Waals surface area contributed by atoms with E-state index < -0.39 is 0 Å². The minimum atomic E-state index is -0.218. The van der Waals surface area contributed by atoms with Crippen molar-refractivity contribution in [3.05, 3.63) is 34.6 Å². The molecule has 0 bridgehead atoms. The fourth-order valence-corrected chi connectivity index (χ4v) is 2.10. The van der Waals surface area contributed by atoms with E-state index in [1.807, 2.05) is 0 Å². The third kappa shape index (κ3) is 3.18. The third-order valence-electron chi connectivity index (χ3n) is 1.60. The van der Waals surface area contributed by atoms with Crippen LogP contribution in [-0.4, -0.2) is 12.3 Å². The number of rotatable bonds is 4. The Balaban J connectivity index is 2.64. The van der Waals surface area contributed by atoms with Crippen LogP contribution in [0.25, 0.3) is 0 Å². The van der Waals surface area contributed by atoms with E-state index in [4.69, 9.17) is 11.6 Å². The molecule has 1 nitrogen and oxygen atoms in total. The van der Waals surface area contributed by atoms with Crippen LogP contribution < -0.4 is 5.73 Å². The molecule has 72 valence electrons. The van der Waals surface area contributed by atoms with Gasteiger partial charge in [0.2, 0.25) is 0 Å². The molecule has 13 heavy (non-hydrogen) atoms. The fourth-order valence-electron chi connectivity index (χ4n) is 0.947. The van der Waals surface area contributed by atoms with Gasteiger partial charge in [0.05, 0.1) is 6.54 Å². The second-order valence-corrected chi connectivity index (χ2v) is 4.12. The van der Waals surface area contributed by atoms with Gasteiger partial charge >= 0.3 is 0 Å². The zero-order chi connectivity index (χ0) is 9.68. The molecule has 0 amide bonds. The fraction of sp³-hybridized carbons (Fsp3) is 0.333. The van der Waals surface area contributed by atoms with E-state index >= 15 is 0 Å². The normalized spacial score (nSPS) is 10.4. The molecule has 0 heterocycles. The van der Waals surface area contributed by atoms with Crippen molar-refractivity contribution in [2.75, 3.05) is 12.3 Å². The van der Waals surface area contributed by atoms with Crippen LogP contribution in [-0.2, 0) is 5.75 Å². The maximum atomic E-state index is 13.2. The molecule has 0 aromatic heterocycles. The molecule has 0 aliphatic rings. The van der Waals surface area contributed by atoms with Crippen molar-refractivity contribution in [1.82, 2.24) is 0 Å². The van der Waals surface area contributed by atoms with Gasteiger partial charge in [-0.1, -0.05) is 17.7 Å². The van der Waals surface area contributed by atoms with Crippen LogP contribution in [0.15, 0.2) is 18.2 Å². The van der Waals surface area contributed by atoms with E-state index in [1.54, 1.807) is 23.9 Å². The van der Waals surface area contributed by atoms with Gasteiger partial charge in [-0.15, -0.1) is 0 Å². The number of benzene rings is 1. The van der Waals surface area contributed by atoms with E-state index in [9.17, 15) is 4.39 Å². The van der Waals surface area contributed by atoms with Gasteiger partial charge in [0.1, 0.15) is 5.82 Å². The molecular formula is C9H12ClFNS+. The quantitative estimate of drug-likeness (QED) is 0.772. The van der Waals surface area contributed by atoms with Crippen LogP contribution >= 0.6 is 23.4 Å². The number of quaternary nitrogens is 1. The first-order valence-corrected chi connectivity index (χ1v) is 5.59. The van der Waals surface area contributed by atoms with Crippen LogP contribution in [0, 0.1) is 5.82 Å². The molecule has 1 aromatic rings. The van der Waals surface area contributed by atoms with Gasteiger partial charge in [0.25, 0.3) is 0 Å². The second kappa shape index (κ2) is 5.47. The Labute approximate surface area is 86.5 Å². The summed E-state index contributed by atoms with van der Waals surface area (Å²) < 4.78 is 13.2.